The second-order valence-corrected chi connectivity index (χ2v) is 7.25. The first-order valence-corrected chi connectivity index (χ1v) is 8.55. The minimum atomic E-state index is -0.322. The van der Waals surface area contributed by atoms with E-state index in [1.54, 1.807) is 0 Å². The molecule has 1 atom stereocenters. The number of carbonyl (C=O) groups is 1. The molecule has 0 amide bonds. The molecule has 22 heavy (non-hydrogen) atoms. The van der Waals surface area contributed by atoms with Gasteiger partial charge >= 0.3 is 5.97 Å². The number of carbonyl (C=O) groups excluding carboxylic acids is 1. The third-order valence-corrected chi connectivity index (χ3v) is 3.89. The van der Waals surface area contributed by atoms with Crippen LogP contribution in [0.1, 0.15) is 74.1 Å². The number of hydrogen-bond donors (Lipinski definition) is 0. The Morgan fingerprint density at radius 3 is 2.14 bits per heavy atom. The maximum atomic E-state index is 11.7. The lowest BCUT2D eigenvalue weighted by Crippen LogP contribution is -2.31. The first kappa shape index (κ1) is 21.4. The Labute approximate surface area is 136 Å². The Balaban J connectivity index is 3.96. The Kier molecular flexibility index (Phi) is 9.94. The van der Waals surface area contributed by atoms with E-state index in [1.165, 1.54) is 0 Å². The molecule has 0 heterocycles. The van der Waals surface area contributed by atoms with Crippen molar-refractivity contribution >= 4 is 5.97 Å². The van der Waals surface area contributed by atoms with Gasteiger partial charge in [-0.2, -0.15) is 0 Å². The molecule has 4 nitrogen and oxygen atoms in total. The highest BCUT2D eigenvalue weighted by atomic mass is 16.5. The number of ether oxygens (including phenoxy) is 3. The standard InChI is InChI=1S/C18H36O4/c1-8-15(3)14-20-16(19)10-11-17(4,5)22-13-12-18(6,7)21-9-2/h15H,8-14H2,1-7H3. The first-order chi connectivity index (χ1) is 10.1. The van der Waals surface area contributed by atoms with Crippen LogP contribution in [0, 0.1) is 5.92 Å². The van der Waals surface area contributed by atoms with Gasteiger partial charge in [-0.15, -0.1) is 0 Å². The van der Waals surface area contributed by atoms with Gasteiger partial charge in [0.2, 0.25) is 0 Å². The number of rotatable bonds is 12. The summed E-state index contributed by atoms with van der Waals surface area (Å²) in [6, 6.07) is 0. The van der Waals surface area contributed by atoms with Crippen LogP contribution in [-0.2, 0) is 19.0 Å². The molecule has 0 aliphatic rings. The fourth-order valence-electron chi connectivity index (χ4n) is 1.94. The molecule has 0 aliphatic heterocycles. The van der Waals surface area contributed by atoms with Crippen molar-refractivity contribution in [2.45, 2.75) is 85.4 Å². The van der Waals surface area contributed by atoms with Crippen LogP contribution in [-0.4, -0.2) is 37.0 Å². The molecular weight excluding hydrogens is 280 g/mol. The van der Waals surface area contributed by atoms with Crippen molar-refractivity contribution in [3.63, 3.8) is 0 Å². The summed E-state index contributed by atoms with van der Waals surface area (Å²) >= 11 is 0. The van der Waals surface area contributed by atoms with Crippen LogP contribution in [0.15, 0.2) is 0 Å². The smallest absolute Gasteiger partial charge is 0.305 e. The third-order valence-electron chi connectivity index (χ3n) is 3.89. The second kappa shape index (κ2) is 10.2. The Morgan fingerprint density at radius 1 is 1.00 bits per heavy atom. The van der Waals surface area contributed by atoms with Crippen LogP contribution < -0.4 is 0 Å². The molecule has 0 N–H and O–H groups in total. The molecule has 0 aromatic rings. The van der Waals surface area contributed by atoms with Crippen molar-refractivity contribution in [1.29, 1.82) is 0 Å². The third kappa shape index (κ3) is 11.0. The topological polar surface area (TPSA) is 44.8 Å². The second-order valence-electron chi connectivity index (χ2n) is 7.25. The summed E-state index contributed by atoms with van der Waals surface area (Å²) < 4.78 is 16.8. The van der Waals surface area contributed by atoms with Crippen molar-refractivity contribution in [2.24, 2.45) is 5.92 Å². The van der Waals surface area contributed by atoms with Crippen LogP contribution in [0.2, 0.25) is 0 Å². The van der Waals surface area contributed by atoms with E-state index in [-0.39, 0.29) is 17.2 Å². The van der Waals surface area contributed by atoms with Gasteiger partial charge in [0.1, 0.15) is 0 Å². The maximum Gasteiger partial charge on any atom is 0.305 e. The molecule has 0 bridgehead atoms. The van der Waals surface area contributed by atoms with Crippen molar-refractivity contribution in [3.05, 3.63) is 0 Å². The van der Waals surface area contributed by atoms with Gasteiger partial charge in [-0.3, -0.25) is 4.79 Å². The van der Waals surface area contributed by atoms with Gasteiger partial charge in [-0.05, 0) is 53.4 Å². The van der Waals surface area contributed by atoms with Gasteiger partial charge in [0.15, 0.2) is 0 Å². The van der Waals surface area contributed by atoms with E-state index in [1.807, 2.05) is 20.8 Å². The SMILES string of the molecule is CCOC(C)(C)CCOC(C)(C)CCC(=O)OCC(C)CC. The highest BCUT2D eigenvalue weighted by molar-refractivity contribution is 5.69. The van der Waals surface area contributed by atoms with Crippen LogP contribution in [0.4, 0.5) is 0 Å². The summed E-state index contributed by atoms with van der Waals surface area (Å²) in [6.45, 7) is 16.2. The van der Waals surface area contributed by atoms with Gasteiger partial charge < -0.3 is 14.2 Å². The molecular formula is C18H36O4. The molecule has 0 aromatic heterocycles. The van der Waals surface area contributed by atoms with E-state index in [4.69, 9.17) is 14.2 Å². The summed E-state index contributed by atoms with van der Waals surface area (Å²) in [5.41, 5.74) is -0.488. The Bertz CT molecular complexity index is 310. The fraction of sp³-hybridized carbons (Fsp3) is 0.944. The van der Waals surface area contributed by atoms with Crippen LogP contribution in [0.25, 0.3) is 0 Å². The average Bonchev–Trinajstić information content (AvgIpc) is 2.42. The summed E-state index contributed by atoms with van der Waals surface area (Å²) in [4.78, 5) is 11.7. The van der Waals surface area contributed by atoms with E-state index >= 15 is 0 Å². The monoisotopic (exact) mass is 316 g/mol. The molecule has 0 radical (unpaired) electrons. The summed E-state index contributed by atoms with van der Waals surface area (Å²) in [7, 11) is 0. The molecule has 0 spiro atoms. The van der Waals surface area contributed by atoms with Crippen molar-refractivity contribution < 1.29 is 19.0 Å². The maximum absolute atomic E-state index is 11.7. The highest BCUT2D eigenvalue weighted by Crippen LogP contribution is 2.21. The normalized spacial score (nSPS) is 14.0. The van der Waals surface area contributed by atoms with E-state index in [2.05, 4.69) is 27.7 Å². The molecule has 0 rings (SSSR count). The zero-order valence-corrected chi connectivity index (χ0v) is 15.7. The summed E-state index contributed by atoms with van der Waals surface area (Å²) in [5, 5.41) is 0. The van der Waals surface area contributed by atoms with E-state index in [0.717, 1.165) is 12.8 Å². The van der Waals surface area contributed by atoms with Crippen molar-refractivity contribution in [3.8, 4) is 0 Å². The molecule has 0 aromatic carbocycles. The van der Waals surface area contributed by atoms with Gasteiger partial charge in [-0.25, -0.2) is 0 Å². The molecule has 1 unspecified atom stereocenters. The Morgan fingerprint density at radius 2 is 1.59 bits per heavy atom. The van der Waals surface area contributed by atoms with E-state index in [0.29, 0.717) is 38.6 Å². The quantitative estimate of drug-likeness (QED) is 0.502. The van der Waals surface area contributed by atoms with Crippen LogP contribution >= 0.6 is 0 Å². The van der Waals surface area contributed by atoms with Gasteiger partial charge in [-0.1, -0.05) is 20.3 Å². The average molecular weight is 316 g/mol. The minimum absolute atomic E-state index is 0.133. The number of esters is 1. The lowest BCUT2D eigenvalue weighted by molar-refractivity contribution is -0.147. The van der Waals surface area contributed by atoms with Crippen molar-refractivity contribution in [2.75, 3.05) is 19.8 Å². The van der Waals surface area contributed by atoms with Crippen LogP contribution in [0.5, 0.6) is 0 Å². The number of hydrogen-bond acceptors (Lipinski definition) is 4. The zero-order chi connectivity index (χ0) is 17.2. The van der Waals surface area contributed by atoms with Crippen LogP contribution in [0.3, 0.4) is 0 Å². The highest BCUT2D eigenvalue weighted by Gasteiger charge is 2.23. The first-order valence-electron chi connectivity index (χ1n) is 8.55. The van der Waals surface area contributed by atoms with Gasteiger partial charge in [0.05, 0.1) is 24.4 Å². The molecule has 132 valence electrons. The lowest BCUT2D eigenvalue weighted by atomic mass is 10.0. The molecule has 0 saturated carbocycles. The fourth-order valence-corrected chi connectivity index (χ4v) is 1.94. The predicted molar refractivity (Wildman–Crippen MR) is 90.0 cm³/mol. The summed E-state index contributed by atoms with van der Waals surface area (Å²) in [5.74, 6) is 0.292. The summed E-state index contributed by atoms with van der Waals surface area (Å²) in [6.07, 6.45) is 2.93. The minimum Gasteiger partial charge on any atom is -0.465 e. The largest absolute Gasteiger partial charge is 0.465 e. The van der Waals surface area contributed by atoms with E-state index in [9.17, 15) is 4.79 Å². The molecule has 0 saturated heterocycles. The van der Waals surface area contributed by atoms with Gasteiger partial charge in [0, 0.05) is 13.0 Å². The van der Waals surface area contributed by atoms with Crippen molar-refractivity contribution in [1.82, 2.24) is 0 Å². The van der Waals surface area contributed by atoms with Gasteiger partial charge in [0.25, 0.3) is 0 Å². The zero-order valence-electron chi connectivity index (χ0n) is 15.7. The molecule has 4 heteroatoms. The lowest BCUT2D eigenvalue weighted by Gasteiger charge is -2.29. The molecule has 0 fully saturated rings. The van der Waals surface area contributed by atoms with E-state index < -0.39 is 0 Å². The predicted octanol–water partition coefficient (Wildman–Crippen LogP) is 4.36. The molecule has 0 aliphatic carbocycles. The Hall–Kier alpha value is -0.610.